The van der Waals surface area contributed by atoms with Crippen LogP contribution in [-0.2, 0) is 14.4 Å². The van der Waals surface area contributed by atoms with E-state index in [-0.39, 0.29) is 5.76 Å². The summed E-state index contributed by atoms with van der Waals surface area (Å²) in [7, 11) is 1.35. The third-order valence-electron chi connectivity index (χ3n) is 2.48. The van der Waals surface area contributed by atoms with Crippen LogP contribution in [0, 0.1) is 0 Å². The lowest BCUT2D eigenvalue weighted by Gasteiger charge is -2.22. The quantitative estimate of drug-likeness (QED) is 0.645. The van der Waals surface area contributed by atoms with E-state index in [1.54, 1.807) is 0 Å². The topological polar surface area (TPSA) is 134 Å². The van der Waals surface area contributed by atoms with Crippen molar-refractivity contribution < 1.29 is 28.7 Å². The molecule has 1 heterocycles. The lowest BCUT2D eigenvalue weighted by molar-refractivity contribution is -0.145. The van der Waals surface area contributed by atoms with Crippen molar-refractivity contribution in [3.8, 4) is 0 Å². The Labute approximate surface area is 119 Å². The standard InChI is InChI=1S/C12H15N3O6/c1-14(12(20)8-3-2-4-21-8)6-10(17)15(5-9(13)16)7-11(18)19/h2-4H,5-7H2,1H3,(H2,13,16)(H,18,19). The van der Waals surface area contributed by atoms with E-state index in [1.807, 2.05) is 0 Å². The molecule has 1 rings (SSSR count). The Bertz CT molecular complexity index is 523. The second kappa shape index (κ2) is 7.08. The maximum atomic E-state index is 11.9. The van der Waals surface area contributed by atoms with Gasteiger partial charge in [0.15, 0.2) is 5.76 Å². The molecule has 0 fully saturated rings. The first-order valence-electron chi connectivity index (χ1n) is 5.88. The van der Waals surface area contributed by atoms with Gasteiger partial charge in [0.25, 0.3) is 5.91 Å². The number of amides is 3. The normalized spacial score (nSPS) is 9.95. The van der Waals surface area contributed by atoms with Gasteiger partial charge in [-0.3, -0.25) is 19.2 Å². The van der Waals surface area contributed by atoms with Gasteiger partial charge in [0, 0.05) is 7.05 Å². The molecule has 0 saturated heterocycles. The Morgan fingerprint density at radius 3 is 2.38 bits per heavy atom. The van der Waals surface area contributed by atoms with Gasteiger partial charge in [-0.1, -0.05) is 0 Å². The molecule has 0 radical (unpaired) electrons. The molecule has 0 aliphatic carbocycles. The third kappa shape index (κ3) is 4.97. The number of furan rings is 1. The van der Waals surface area contributed by atoms with E-state index in [2.05, 4.69) is 0 Å². The number of nitrogens with zero attached hydrogens (tertiary/aromatic N) is 2. The van der Waals surface area contributed by atoms with Crippen LogP contribution in [0.3, 0.4) is 0 Å². The molecule has 0 unspecified atom stereocenters. The largest absolute Gasteiger partial charge is 0.480 e. The lowest BCUT2D eigenvalue weighted by Crippen LogP contribution is -2.46. The SMILES string of the molecule is CN(CC(=O)N(CC(N)=O)CC(=O)O)C(=O)c1ccco1. The lowest BCUT2D eigenvalue weighted by atomic mass is 10.3. The zero-order chi connectivity index (χ0) is 16.0. The fraction of sp³-hybridized carbons (Fsp3) is 0.333. The van der Waals surface area contributed by atoms with Crippen LogP contribution in [-0.4, -0.2) is 65.3 Å². The average molecular weight is 297 g/mol. The summed E-state index contributed by atoms with van der Waals surface area (Å²) in [6, 6.07) is 2.95. The molecule has 1 aromatic rings. The number of carbonyl (C=O) groups excluding carboxylic acids is 3. The highest BCUT2D eigenvalue weighted by molar-refractivity contribution is 5.95. The summed E-state index contributed by atoms with van der Waals surface area (Å²) in [6.45, 7) is -1.61. The summed E-state index contributed by atoms with van der Waals surface area (Å²) in [6.07, 6.45) is 1.31. The summed E-state index contributed by atoms with van der Waals surface area (Å²) in [5.74, 6) is -3.33. The summed E-state index contributed by atoms with van der Waals surface area (Å²) >= 11 is 0. The molecule has 9 nitrogen and oxygen atoms in total. The summed E-state index contributed by atoms with van der Waals surface area (Å²) in [5, 5.41) is 8.70. The second-order valence-electron chi connectivity index (χ2n) is 4.25. The summed E-state index contributed by atoms with van der Waals surface area (Å²) in [4.78, 5) is 47.1. The number of carboxylic acid groups (broad SMARTS) is 1. The fourth-order valence-electron chi connectivity index (χ4n) is 1.55. The molecular weight excluding hydrogens is 282 g/mol. The van der Waals surface area contributed by atoms with Crippen LogP contribution in [0.5, 0.6) is 0 Å². The molecule has 21 heavy (non-hydrogen) atoms. The number of likely N-dealkylation sites (N-methyl/N-ethyl adjacent to an activating group) is 1. The first-order valence-corrected chi connectivity index (χ1v) is 5.88. The number of carbonyl (C=O) groups is 4. The van der Waals surface area contributed by atoms with Crippen LogP contribution in [0.1, 0.15) is 10.6 Å². The monoisotopic (exact) mass is 297 g/mol. The number of hydrogen-bond donors (Lipinski definition) is 2. The van der Waals surface area contributed by atoms with Gasteiger partial charge in [-0.25, -0.2) is 0 Å². The zero-order valence-corrected chi connectivity index (χ0v) is 11.3. The molecule has 0 bridgehead atoms. The van der Waals surface area contributed by atoms with Crippen LogP contribution >= 0.6 is 0 Å². The van der Waals surface area contributed by atoms with Crippen LogP contribution in [0.25, 0.3) is 0 Å². The van der Waals surface area contributed by atoms with Gasteiger partial charge in [-0.2, -0.15) is 0 Å². The number of carboxylic acids is 1. The minimum absolute atomic E-state index is 0.0463. The highest BCUT2D eigenvalue weighted by Gasteiger charge is 2.23. The number of rotatable bonds is 7. The Balaban J connectivity index is 2.69. The average Bonchev–Trinajstić information content (AvgIpc) is 2.89. The summed E-state index contributed by atoms with van der Waals surface area (Å²) < 4.78 is 4.90. The maximum Gasteiger partial charge on any atom is 0.323 e. The van der Waals surface area contributed by atoms with E-state index in [0.717, 1.165) is 9.80 Å². The molecule has 0 saturated carbocycles. The van der Waals surface area contributed by atoms with Gasteiger partial charge in [0.05, 0.1) is 19.4 Å². The van der Waals surface area contributed by atoms with Gasteiger partial charge < -0.3 is 25.1 Å². The van der Waals surface area contributed by atoms with Crippen molar-refractivity contribution in [3.63, 3.8) is 0 Å². The predicted octanol–water partition coefficient (Wildman–Crippen LogP) is -1.25. The highest BCUT2D eigenvalue weighted by Crippen LogP contribution is 2.04. The van der Waals surface area contributed by atoms with E-state index in [4.69, 9.17) is 15.3 Å². The van der Waals surface area contributed by atoms with Crippen molar-refractivity contribution in [1.82, 2.24) is 9.80 Å². The number of hydrogen-bond acceptors (Lipinski definition) is 5. The molecule has 3 amide bonds. The van der Waals surface area contributed by atoms with Crippen LogP contribution in [0.2, 0.25) is 0 Å². The molecule has 0 atom stereocenters. The minimum atomic E-state index is -1.29. The molecule has 0 aromatic carbocycles. The van der Waals surface area contributed by atoms with Crippen LogP contribution in [0.15, 0.2) is 22.8 Å². The van der Waals surface area contributed by atoms with Gasteiger partial charge in [0.1, 0.15) is 6.54 Å². The van der Waals surface area contributed by atoms with Crippen molar-refractivity contribution >= 4 is 23.7 Å². The molecule has 114 valence electrons. The van der Waals surface area contributed by atoms with Crippen molar-refractivity contribution in [2.45, 2.75) is 0 Å². The Morgan fingerprint density at radius 2 is 1.90 bits per heavy atom. The van der Waals surface area contributed by atoms with Crippen molar-refractivity contribution in [2.24, 2.45) is 5.73 Å². The van der Waals surface area contributed by atoms with E-state index in [9.17, 15) is 19.2 Å². The van der Waals surface area contributed by atoms with E-state index < -0.39 is 43.3 Å². The van der Waals surface area contributed by atoms with E-state index in [1.165, 1.54) is 25.4 Å². The minimum Gasteiger partial charge on any atom is -0.480 e. The van der Waals surface area contributed by atoms with Crippen LogP contribution < -0.4 is 5.73 Å². The zero-order valence-electron chi connectivity index (χ0n) is 11.3. The van der Waals surface area contributed by atoms with Gasteiger partial charge in [-0.15, -0.1) is 0 Å². The van der Waals surface area contributed by atoms with E-state index in [0.29, 0.717) is 0 Å². The van der Waals surface area contributed by atoms with Crippen LogP contribution in [0.4, 0.5) is 0 Å². The van der Waals surface area contributed by atoms with Gasteiger partial charge in [0.2, 0.25) is 11.8 Å². The number of nitrogens with two attached hydrogens (primary N) is 1. The number of aliphatic carboxylic acids is 1. The van der Waals surface area contributed by atoms with E-state index >= 15 is 0 Å². The Hall–Kier alpha value is -2.84. The molecule has 9 heteroatoms. The predicted molar refractivity (Wildman–Crippen MR) is 69.1 cm³/mol. The Kier molecular flexibility index (Phi) is 5.47. The molecule has 0 aliphatic heterocycles. The maximum absolute atomic E-state index is 11.9. The van der Waals surface area contributed by atoms with Gasteiger partial charge >= 0.3 is 5.97 Å². The second-order valence-corrected chi connectivity index (χ2v) is 4.25. The van der Waals surface area contributed by atoms with Crippen molar-refractivity contribution in [2.75, 3.05) is 26.7 Å². The first-order chi connectivity index (χ1) is 9.81. The molecule has 0 aliphatic rings. The first kappa shape index (κ1) is 16.2. The Morgan fingerprint density at radius 1 is 1.24 bits per heavy atom. The molecular formula is C12H15N3O6. The third-order valence-corrected chi connectivity index (χ3v) is 2.48. The number of primary amides is 1. The van der Waals surface area contributed by atoms with Gasteiger partial charge in [-0.05, 0) is 12.1 Å². The fourth-order valence-corrected chi connectivity index (χ4v) is 1.55. The van der Waals surface area contributed by atoms with Crippen molar-refractivity contribution in [1.29, 1.82) is 0 Å². The molecule has 1 aromatic heterocycles. The summed E-state index contributed by atoms with van der Waals surface area (Å²) in [5.41, 5.74) is 4.95. The highest BCUT2D eigenvalue weighted by atomic mass is 16.4. The molecule has 0 spiro atoms. The smallest absolute Gasteiger partial charge is 0.323 e. The van der Waals surface area contributed by atoms with Crippen molar-refractivity contribution in [3.05, 3.63) is 24.2 Å². The molecule has 3 N–H and O–H groups in total.